The number of benzene rings is 1. The summed E-state index contributed by atoms with van der Waals surface area (Å²) in [6.45, 7) is 0. The second-order valence-electron chi connectivity index (χ2n) is 3.92. The Morgan fingerprint density at radius 2 is 1.62 bits per heavy atom. The summed E-state index contributed by atoms with van der Waals surface area (Å²) in [5, 5.41) is -0.0778. The fourth-order valence-electron chi connectivity index (χ4n) is 1.60. The molecule has 0 spiro atoms. The zero-order valence-corrected chi connectivity index (χ0v) is 13.4. The Labute approximate surface area is 136 Å². The number of alkyl halides is 1. The fraction of sp³-hybridized carbons (Fsp3) is 0.250. The molecular formula is C12H11Cl3N4O2. The Morgan fingerprint density at radius 3 is 2.14 bits per heavy atom. The van der Waals surface area contributed by atoms with Gasteiger partial charge in [-0.25, -0.2) is 0 Å². The van der Waals surface area contributed by atoms with Gasteiger partial charge in [-0.05, 0) is 12.1 Å². The molecule has 2 aromatic rings. The van der Waals surface area contributed by atoms with Crippen LogP contribution in [0.1, 0.15) is 16.8 Å². The van der Waals surface area contributed by atoms with Gasteiger partial charge in [0.25, 0.3) is 0 Å². The van der Waals surface area contributed by atoms with E-state index in [1.807, 2.05) is 0 Å². The molecule has 6 nitrogen and oxygen atoms in total. The molecule has 0 radical (unpaired) electrons. The second-order valence-corrected chi connectivity index (χ2v) is 5.20. The van der Waals surface area contributed by atoms with Crippen LogP contribution >= 0.6 is 34.8 Å². The lowest BCUT2D eigenvalue weighted by Gasteiger charge is -2.14. The molecule has 0 amide bonds. The Kier molecular flexibility index (Phi) is 4.92. The van der Waals surface area contributed by atoms with Crippen molar-refractivity contribution in [3.63, 3.8) is 0 Å². The lowest BCUT2D eigenvalue weighted by molar-refractivity contribution is 0.336. The van der Waals surface area contributed by atoms with Crippen molar-refractivity contribution >= 4 is 40.5 Å². The molecular weight excluding hydrogens is 339 g/mol. The first-order valence-electron chi connectivity index (χ1n) is 5.68. The van der Waals surface area contributed by atoms with Gasteiger partial charge in [0, 0.05) is 10.6 Å². The molecule has 1 aromatic heterocycles. The average molecular weight is 350 g/mol. The zero-order valence-electron chi connectivity index (χ0n) is 11.1. The number of rotatable bonds is 4. The summed E-state index contributed by atoms with van der Waals surface area (Å²) >= 11 is 18.3. The van der Waals surface area contributed by atoms with Gasteiger partial charge in [-0.15, -0.1) is 16.6 Å². The number of nitrogen functional groups attached to an aromatic ring is 1. The predicted octanol–water partition coefficient (Wildman–Crippen LogP) is 3.11. The second kappa shape index (κ2) is 6.51. The summed E-state index contributed by atoms with van der Waals surface area (Å²) in [6.07, 6.45) is 0. The van der Waals surface area contributed by atoms with Gasteiger partial charge in [-0.1, -0.05) is 23.2 Å². The van der Waals surface area contributed by atoms with Gasteiger partial charge in [0.2, 0.25) is 0 Å². The summed E-state index contributed by atoms with van der Waals surface area (Å²) in [5.41, 5.74) is 6.72. The third kappa shape index (κ3) is 3.40. The van der Waals surface area contributed by atoms with Gasteiger partial charge in [-0.3, -0.25) is 0 Å². The smallest absolute Gasteiger partial charge is 0.322 e. The Balaban J connectivity index is 2.51. The van der Waals surface area contributed by atoms with E-state index in [4.69, 9.17) is 50.0 Å². The van der Waals surface area contributed by atoms with Crippen LogP contribution in [0.4, 0.5) is 5.69 Å². The number of aromatic nitrogens is 3. The number of nitrogens with two attached hydrogens (primary N) is 1. The van der Waals surface area contributed by atoms with Gasteiger partial charge >= 0.3 is 12.0 Å². The number of hydrogen-bond acceptors (Lipinski definition) is 6. The van der Waals surface area contributed by atoms with Crippen molar-refractivity contribution < 1.29 is 9.47 Å². The maximum Gasteiger partial charge on any atom is 0.322 e. The number of methoxy groups -OCH3 is 2. The Bertz CT molecular complexity index is 647. The molecule has 0 bridgehead atoms. The van der Waals surface area contributed by atoms with Crippen LogP contribution in [0.2, 0.25) is 10.0 Å². The molecule has 9 heteroatoms. The van der Waals surface area contributed by atoms with Crippen LogP contribution < -0.4 is 15.2 Å². The SMILES string of the molecule is COc1nc(OC)nc(C(Cl)c2cc(Cl)cc(Cl)c2N)n1. The van der Waals surface area contributed by atoms with E-state index in [-0.39, 0.29) is 17.8 Å². The molecule has 1 atom stereocenters. The van der Waals surface area contributed by atoms with Crippen LogP contribution in [0.15, 0.2) is 12.1 Å². The van der Waals surface area contributed by atoms with E-state index < -0.39 is 5.38 Å². The largest absolute Gasteiger partial charge is 0.467 e. The standard InChI is InChI=1S/C12H11Cl3N4O2/c1-20-11-17-10(18-12(19-11)21-2)8(15)6-3-5(13)4-7(14)9(6)16/h3-4,8H,16H2,1-2H3. The topological polar surface area (TPSA) is 83.2 Å². The minimum Gasteiger partial charge on any atom is -0.467 e. The van der Waals surface area contributed by atoms with Crippen molar-refractivity contribution in [1.29, 1.82) is 0 Å². The number of nitrogens with zero attached hydrogens (tertiary/aromatic N) is 3. The summed E-state index contributed by atoms with van der Waals surface area (Å²) in [5.74, 6) is 0.213. The predicted molar refractivity (Wildman–Crippen MR) is 81.5 cm³/mol. The van der Waals surface area contributed by atoms with E-state index in [0.717, 1.165) is 0 Å². The lowest BCUT2D eigenvalue weighted by Crippen LogP contribution is -2.08. The molecule has 0 aliphatic carbocycles. The van der Waals surface area contributed by atoms with Gasteiger partial charge in [-0.2, -0.15) is 9.97 Å². The monoisotopic (exact) mass is 348 g/mol. The van der Waals surface area contributed by atoms with Gasteiger partial charge in [0.1, 0.15) is 5.38 Å². The Hall–Kier alpha value is -1.50. The lowest BCUT2D eigenvalue weighted by atomic mass is 10.1. The molecule has 0 aliphatic heterocycles. The van der Waals surface area contributed by atoms with Gasteiger partial charge in [0.15, 0.2) is 5.82 Å². The molecule has 0 fully saturated rings. The number of ether oxygens (including phenoxy) is 2. The number of hydrogen-bond donors (Lipinski definition) is 1. The molecule has 0 aliphatic rings. The highest BCUT2D eigenvalue weighted by Gasteiger charge is 2.21. The minimum absolute atomic E-state index is 0.0780. The van der Waals surface area contributed by atoms with Crippen LogP contribution in [0.5, 0.6) is 12.0 Å². The summed E-state index contributed by atoms with van der Waals surface area (Å²) in [7, 11) is 2.85. The third-order valence-electron chi connectivity index (χ3n) is 2.60. The normalized spacial score (nSPS) is 12.0. The molecule has 0 saturated carbocycles. The van der Waals surface area contributed by atoms with Crippen molar-refractivity contribution in [2.24, 2.45) is 0 Å². The molecule has 2 N–H and O–H groups in total. The van der Waals surface area contributed by atoms with Crippen LogP contribution in [-0.4, -0.2) is 29.2 Å². The first-order chi connectivity index (χ1) is 9.96. The van der Waals surface area contributed by atoms with E-state index in [0.29, 0.717) is 21.3 Å². The molecule has 1 unspecified atom stereocenters. The highest BCUT2D eigenvalue weighted by Crippen LogP contribution is 2.37. The van der Waals surface area contributed by atoms with E-state index in [9.17, 15) is 0 Å². The van der Waals surface area contributed by atoms with E-state index in [2.05, 4.69) is 15.0 Å². The van der Waals surface area contributed by atoms with Gasteiger partial charge < -0.3 is 15.2 Å². The first-order valence-corrected chi connectivity index (χ1v) is 6.88. The van der Waals surface area contributed by atoms with Crippen molar-refractivity contribution in [2.45, 2.75) is 5.38 Å². The van der Waals surface area contributed by atoms with Crippen LogP contribution in [0.3, 0.4) is 0 Å². The zero-order chi connectivity index (χ0) is 15.6. The highest BCUT2D eigenvalue weighted by atomic mass is 35.5. The molecule has 0 saturated heterocycles. The minimum atomic E-state index is -0.785. The molecule has 1 aromatic carbocycles. The fourth-order valence-corrected chi connectivity index (χ4v) is 2.39. The van der Waals surface area contributed by atoms with Gasteiger partial charge in [0.05, 0.1) is 24.9 Å². The number of halogens is 3. The Morgan fingerprint density at radius 1 is 1.05 bits per heavy atom. The average Bonchev–Trinajstić information content (AvgIpc) is 2.49. The van der Waals surface area contributed by atoms with Crippen molar-refractivity contribution in [2.75, 3.05) is 20.0 Å². The van der Waals surface area contributed by atoms with Crippen molar-refractivity contribution in [1.82, 2.24) is 15.0 Å². The van der Waals surface area contributed by atoms with Crippen LogP contribution in [0, 0.1) is 0 Å². The van der Waals surface area contributed by atoms with E-state index in [1.165, 1.54) is 20.3 Å². The first kappa shape index (κ1) is 15.9. The summed E-state index contributed by atoms with van der Waals surface area (Å²) in [4.78, 5) is 12.1. The van der Waals surface area contributed by atoms with E-state index in [1.54, 1.807) is 6.07 Å². The summed E-state index contributed by atoms with van der Waals surface area (Å²) < 4.78 is 9.95. The highest BCUT2D eigenvalue weighted by molar-refractivity contribution is 6.37. The molecule has 2 rings (SSSR count). The summed E-state index contributed by atoms with van der Waals surface area (Å²) in [6, 6.07) is 3.28. The quantitative estimate of drug-likeness (QED) is 0.674. The van der Waals surface area contributed by atoms with Crippen molar-refractivity contribution in [3.05, 3.63) is 33.6 Å². The van der Waals surface area contributed by atoms with E-state index >= 15 is 0 Å². The molecule has 112 valence electrons. The third-order valence-corrected chi connectivity index (χ3v) is 3.56. The van der Waals surface area contributed by atoms with Crippen molar-refractivity contribution in [3.8, 4) is 12.0 Å². The number of anilines is 1. The molecule has 1 heterocycles. The maximum absolute atomic E-state index is 6.38. The molecule has 21 heavy (non-hydrogen) atoms. The van der Waals surface area contributed by atoms with Crippen LogP contribution in [0.25, 0.3) is 0 Å². The van der Waals surface area contributed by atoms with Crippen LogP contribution in [-0.2, 0) is 0 Å². The maximum atomic E-state index is 6.38.